The molecule has 0 unspecified atom stereocenters. The summed E-state index contributed by atoms with van der Waals surface area (Å²) in [6, 6.07) is 5.50. The Kier molecular flexibility index (Phi) is 8.14. The standard InChI is InChI=1S/C25H32ClN9OS/c1-17-6-5-7-19(26)21(17)30-22(36)20-16-27-25(37-20)32-23-28-18(2)29-24(31-23)35-14-12-34(13-15-35)11-10-33-8-3-4-9-33/h5-7,16H,3-4,8-15H2,1-2H3,(H,30,36)(H,27,28,29,31,32). The highest BCUT2D eigenvalue weighted by Crippen LogP contribution is 2.28. The number of thiazole rings is 1. The summed E-state index contributed by atoms with van der Waals surface area (Å²) < 4.78 is 0. The Morgan fingerprint density at radius 3 is 2.46 bits per heavy atom. The minimum absolute atomic E-state index is 0.267. The molecular weight excluding hydrogens is 510 g/mol. The van der Waals surface area contributed by atoms with E-state index in [0.717, 1.165) is 44.8 Å². The van der Waals surface area contributed by atoms with Crippen LogP contribution >= 0.6 is 22.9 Å². The summed E-state index contributed by atoms with van der Waals surface area (Å²) in [5, 5.41) is 7.05. The topological polar surface area (TPSA) is 102 Å². The molecule has 2 fully saturated rings. The molecule has 0 saturated carbocycles. The third kappa shape index (κ3) is 6.53. The van der Waals surface area contributed by atoms with Gasteiger partial charge in [-0.2, -0.15) is 15.0 Å². The van der Waals surface area contributed by atoms with Crippen molar-refractivity contribution in [1.29, 1.82) is 0 Å². The molecule has 2 aromatic heterocycles. The normalized spacial score (nSPS) is 16.8. The number of nitrogens with zero attached hydrogens (tertiary/aromatic N) is 7. The van der Waals surface area contributed by atoms with Crippen molar-refractivity contribution in [2.75, 3.05) is 67.9 Å². The van der Waals surface area contributed by atoms with Gasteiger partial charge >= 0.3 is 0 Å². The summed E-state index contributed by atoms with van der Waals surface area (Å²) in [5.74, 6) is 1.45. The maximum Gasteiger partial charge on any atom is 0.267 e. The van der Waals surface area contributed by atoms with E-state index in [1.165, 1.54) is 43.5 Å². The molecule has 0 atom stereocenters. The zero-order chi connectivity index (χ0) is 25.8. The second-order valence-electron chi connectivity index (χ2n) is 9.42. The molecule has 0 aliphatic carbocycles. The van der Waals surface area contributed by atoms with Crippen molar-refractivity contribution in [3.05, 3.63) is 45.7 Å². The van der Waals surface area contributed by atoms with Crippen LogP contribution in [0, 0.1) is 13.8 Å². The number of aryl methyl sites for hydroxylation is 2. The number of piperazine rings is 1. The Morgan fingerprint density at radius 2 is 1.73 bits per heavy atom. The van der Waals surface area contributed by atoms with Gasteiger partial charge in [-0.05, 0) is 51.4 Å². The van der Waals surface area contributed by atoms with E-state index in [1.807, 2.05) is 26.0 Å². The summed E-state index contributed by atoms with van der Waals surface area (Å²) in [4.78, 5) is 38.5. The smallest absolute Gasteiger partial charge is 0.267 e. The fraction of sp³-hybridized carbons (Fsp3) is 0.480. The van der Waals surface area contributed by atoms with Crippen LogP contribution in [0.5, 0.6) is 0 Å². The molecular formula is C25H32ClN9OS. The van der Waals surface area contributed by atoms with Gasteiger partial charge < -0.3 is 15.1 Å². The van der Waals surface area contributed by atoms with E-state index in [0.29, 0.717) is 38.4 Å². The van der Waals surface area contributed by atoms with E-state index < -0.39 is 0 Å². The fourth-order valence-electron chi connectivity index (χ4n) is 4.62. The molecule has 12 heteroatoms. The van der Waals surface area contributed by atoms with Gasteiger partial charge in [0.05, 0.1) is 16.9 Å². The number of anilines is 4. The molecule has 2 aliphatic heterocycles. The van der Waals surface area contributed by atoms with E-state index in [9.17, 15) is 4.79 Å². The number of carbonyl (C=O) groups is 1. The second-order valence-corrected chi connectivity index (χ2v) is 10.9. The molecule has 4 heterocycles. The number of aromatic nitrogens is 4. The minimum Gasteiger partial charge on any atom is -0.338 e. The Labute approximate surface area is 226 Å². The van der Waals surface area contributed by atoms with Gasteiger partial charge in [0.2, 0.25) is 11.9 Å². The first kappa shape index (κ1) is 25.8. The zero-order valence-corrected chi connectivity index (χ0v) is 22.8. The average Bonchev–Trinajstić information content (AvgIpc) is 3.57. The molecule has 37 heavy (non-hydrogen) atoms. The maximum absolute atomic E-state index is 12.8. The van der Waals surface area contributed by atoms with Gasteiger partial charge in [0, 0.05) is 39.3 Å². The molecule has 5 rings (SSSR count). The lowest BCUT2D eigenvalue weighted by molar-refractivity contribution is 0.103. The van der Waals surface area contributed by atoms with Crippen LogP contribution in [0.4, 0.5) is 22.7 Å². The lowest BCUT2D eigenvalue weighted by atomic mass is 10.2. The number of para-hydroxylation sites is 1. The highest BCUT2D eigenvalue weighted by Gasteiger charge is 2.22. The van der Waals surface area contributed by atoms with Crippen LogP contribution in [0.1, 0.15) is 33.9 Å². The summed E-state index contributed by atoms with van der Waals surface area (Å²) in [6.07, 6.45) is 4.20. The van der Waals surface area contributed by atoms with E-state index in [2.05, 4.69) is 45.3 Å². The molecule has 196 valence electrons. The van der Waals surface area contributed by atoms with Gasteiger partial charge in [-0.3, -0.25) is 15.0 Å². The molecule has 0 radical (unpaired) electrons. The Balaban J connectivity index is 1.18. The van der Waals surface area contributed by atoms with Gasteiger partial charge in [-0.25, -0.2) is 4.98 Å². The Hall–Kier alpha value is -2.86. The Morgan fingerprint density at radius 1 is 1.00 bits per heavy atom. The largest absolute Gasteiger partial charge is 0.338 e. The van der Waals surface area contributed by atoms with Crippen LogP contribution in [-0.2, 0) is 0 Å². The molecule has 2 N–H and O–H groups in total. The quantitative estimate of drug-likeness (QED) is 0.440. The van der Waals surface area contributed by atoms with Crippen molar-refractivity contribution >= 4 is 51.6 Å². The predicted molar refractivity (Wildman–Crippen MR) is 148 cm³/mol. The Bertz CT molecular complexity index is 1220. The van der Waals surface area contributed by atoms with Gasteiger partial charge in [0.25, 0.3) is 5.91 Å². The second kappa shape index (κ2) is 11.7. The SMILES string of the molecule is Cc1nc(Nc2ncc(C(=O)Nc3c(C)cccc3Cl)s2)nc(N2CCN(CCN3CCCC3)CC2)n1. The third-order valence-corrected chi connectivity index (χ3v) is 7.96. The zero-order valence-electron chi connectivity index (χ0n) is 21.2. The summed E-state index contributed by atoms with van der Waals surface area (Å²) in [5.41, 5.74) is 1.50. The molecule has 10 nitrogen and oxygen atoms in total. The van der Waals surface area contributed by atoms with E-state index >= 15 is 0 Å². The number of amides is 1. The van der Waals surface area contributed by atoms with Crippen molar-refractivity contribution in [1.82, 2.24) is 29.7 Å². The van der Waals surface area contributed by atoms with Crippen LogP contribution in [0.3, 0.4) is 0 Å². The monoisotopic (exact) mass is 541 g/mol. The lowest BCUT2D eigenvalue weighted by Crippen LogP contribution is -2.48. The summed E-state index contributed by atoms with van der Waals surface area (Å²) in [7, 11) is 0. The van der Waals surface area contributed by atoms with Gasteiger partial charge in [-0.1, -0.05) is 35.1 Å². The molecule has 2 aliphatic rings. The molecule has 3 aromatic rings. The van der Waals surface area contributed by atoms with E-state index in [1.54, 1.807) is 6.07 Å². The van der Waals surface area contributed by atoms with Crippen molar-refractivity contribution in [3.8, 4) is 0 Å². The summed E-state index contributed by atoms with van der Waals surface area (Å²) >= 11 is 7.48. The van der Waals surface area contributed by atoms with Crippen LogP contribution in [0.15, 0.2) is 24.4 Å². The van der Waals surface area contributed by atoms with Crippen LogP contribution in [-0.4, -0.2) is 88.0 Å². The first-order valence-corrected chi connectivity index (χ1v) is 13.9. The number of hydrogen-bond donors (Lipinski definition) is 2. The number of nitrogens with one attached hydrogen (secondary N) is 2. The molecule has 1 amide bonds. The van der Waals surface area contributed by atoms with Gasteiger partial charge in [0.1, 0.15) is 10.7 Å². The van der Waals surface area contributed by atoms with Crippen molar-refractivity contribution in [3.63, 3.8) is 0 Å². The number of benzene rings is 1. The molecule has 0 spiro atoms. The first-order chi connectivity index (χ1) is 17.9. The van der Waals surface area contributed by atoms with Crippen LogP contribution in [0.2, 0.25) is 5.02 Å². The van der Waals surface area contributed by atoms with Crippen molar-refractivity contribution < 1.29 is 4.79 Å². The summed E-state index contributed by atoms with van der Waals surface area (Å²) in [6.45, 7) is 12.3. The molecule has 1 aromatic carbocycles. The number of rotatable bonds is 8. The van der Waals surface area contributed by atoms with Crippen molar-refractivity contribution in [2.24, 2.45) is 0 Å². The van der Waals surface area contributed by atoms with E-state index in [4.69, 9.17) is 11.6 Å². The highest BCUT2D eigenvalue weighted by atomic mass is 35.5. The third-order valence-electron chi connectivity index (χ3n) is 6.73. The fourth-order valence-corrected chi connectivity index (χ4v) is 5.60. The number of likely N-dealkylation sites (tertiary alicyclic amines) is 1. The van der Waals surface area contributed by atoms with Gasteiger partial charge in [-0.15, -0.1) is 0 Å². The van der Waals surface area contributed by atoms with Crippen LogP contribution < -0.4 is 15.5 Å². The average molecular weight is 542 g/mol. The van der Waals surface area contributed by atoms with Crippen LogP contribution in [0.25, 0.3) is 0 Å². The number of hydrogen-bond acceptors (Lipinski definition) is 10. The number of carbonyl (C=O) groups excluding carboxylic acids is 1. The lowest BCUT2D eigenvalue weighted by Gasteiger charge is -2.35. The number of halogens is 1. The highest BCUT2D eigenvalue weighted by molar-refractivity contribution is 7.17. The van der Waals surface area contributed by atoms with Gasteiger partial charge in [0.15, 0.2) is 5.13 Å². The maximum atomic E-state index is 12.8. The molecule has 2 saturated heterocycles. The van der Waals surface area contributed by atoms with E-state index in [-0.39, 0.29) is 5.91 Å². The first-order valence-electron chi connectivity index (χ1n) is 12.7. The predicted octanol–water partition coefficient (Wildman–Crippen LogP) is 3.81. The minimum atomic E-state index is -0.267. The molecule has 0 bridgehead atoms. The van der Waals surface area contributed by atoms with Crippen molar-refractivity contribution in [2.45, 2.75) is 26.7 Å².